The third kappa shape index (κ3) is 4.98. The van der Waals surface area contributed by atoms with Crippen molar-refractivity contribution in [2.24, 2.45) is 23.7 Å². The molecule has 5 aromatic carbocycles. The van der Waals surface area contributed by atoms with E-state index in [-0.39, 0.29) is 36.3 Å². The van der Waals surface area contributed by atoms with E-state index in [4.69, 9.17) is 0 Å². The Morgan fingerprint density at radius 1 is 0.759 bits per heavy atom. The number of aromatic hydroxyl groups is 2. The Labute approximate surface area is 312 Å². The van der Waals surface area contributed by atoms with Gasteiger partial charge in [0.15, 0.2) is 0 Å². The Bertz CT molecular complexity index is 2370. The lowest BCUT2D eigenvalue weighted by Gasteiger charge is -2.50. The zero-order valence-electron chi connectivity index (χ0n) is 29.7. The molecule has 3 N–H and O–H groups in total. The molecule has 5 aromatic rings. The van der Waals surface area contributed by atoms with Crippen LogP contribution < -0.4 is 5.43 Å². The Balaban J connectivity index is 1.20. The summed E-state index contributed by atoms with van der Waals surface area (Å²) in [6, 6.07) is 34.8. The maximum absolute atomic E-state index is 15.4. The number of amides is 4. The highest BCUT2D eigenvalue weighted by molar-refractivity contribution is 6.13. The van der Waals surface area contributed by atoms with Gasteiger partial charge >= 0.3 is 0 Å². The average Bonchev–Trinajstić information content (AvgIpc) is 3.56. The van der Waals surface area contributed by atoms with Crippen LogP contribution in [0, 0.1) is 30.6 Å². The summed E-state index contributed by atoms with van der Waals surface area (Å²) in [6.45, 7) is 2.15. The van der Waals surface area contributed by atoms with E-state index < -0.39 is 46.8 Å². The van der Waals surface area contributed by atoms with Gasteiger partial charge in [0.05, 0.1) is 28.9 Å². The van der Waals surface area contributed by atoms with Gasteiger partial charge in [-0.3, -0.25) is 29.5 Å². The molecular formula is C45H39N3O6. The van der Waals surface area contributed by atoms with Crippen molar-refractivity contribution >= 4 is 40.1 Å². The number of benzene rings is 5. The molecule has 54 heavy (non-hydrogen) atoms. The number of fused-ring (bicyclic) bond motifs is 5. The van der Waals surface area contributed by atoms with Crippen LogP contribution in [0.3, 0.4) is 0 Å². The number of carbonyl (C=O) groups excluding carboxylic acids is 4. The number of allylic oxidation sites excluding steroid dienone is 2. The van der Waals surface area contributed by atoms with Gasteiger partial charge in [0.2, 0.25) is 11.8 Å². The van der Waals surface area contributed by atoms with Crippen molar-refractivity contribution in [3.63, 3.8) is 0 Å². The van der Waals surface area contributed by atoms with E-state index in [0.717, 1.165) is 27.1 Å². The fraction of sp³-hybridized carbons (Fsp3) is 0.244. The van der Waals surface area contributed by atoms with Crippen molar-refractivity contribution in [2.45, 2.75) is 37.5 Å². The van der Waals surface area contributed by atoms with Crippen LogP contribution in [0.4, 0.5) is 5.69 Å². The molecule has 9 heteroatoms. The molecule has 1 saturated carbocycles. The molecular weight excluding hydrogens is 679 g/mol. The van der Waals surface area contributed by atoms with Crippen LogP contribution in [-0.2, 0) is 31.0 Å². The first-order valence-electron chi connectivity index (χ1n) is 18.5. The Hall–Kier alpha value is -6.22. The summed E-state index contributed by atoms with van der Waals surface area (Å²) >= 11 is 0. The summed E-state index contributed by atoms with van der Waals surface area (Å²) in [5.41, 5.74) is 6.07. The quantitative estimate of drug-likeness (QED) is 0.125. The molecule has 0 radical (unpaired) electrons. The molecule has 4 amide bonds. The van der Waals surface area contributed by atoms with Crippen LogP contribution >= 0.6 is 0 Å². The average molecular weight is 718 g/mol. The van der Waals surface area contributed by atoms with Crippen LogP contribution in [0.15, 0.2) is 127 Å². The lowest BCUT2D eigenvalue weighted by molar-refractivity contribution is -0.141. The standard InChI is InChI=1S/C45H39N3O6/c1-26-11-16-30(17-12-26)46-48-42(52)37-25-36-33(21-22-34-38(36)43(53)47(41(34)51)24-23-27-13-18-31(49)19-14-27)39(45(37,44(48)54)29-8-3-2-4-9-29)35-20-15-28-7-5-6-10-32(28)40(35)50/h2-21,34,36-39,46,49-50H,22-25H2,1H3/t34-,36+,37-,38-,39+,45+/m0/s1. The maximum atomic E-state index is 15.4. The molecule has 2 saturated heterocycles. The first-order chi connectivity index (χ1) is 26.2. The molecule has 9 rings (SSSR count). The zero-order valence-corrected chi connectivity index (χ0v) is 29.7. The molecule has 0 unspecified atom stereocenters. The number of anilines is 1. The molecule has 3 fully saturated rings. The monoisotopic (exact) mass is 717 g/mol. The highest BCUT2D eigenvalue weighted by atomic mass is 16.3. The molecule has 2 heterocycles. The molecule has 0 bridgehead atoms. The number of hydrogen-bond acceptors (Lipinski definition) is 7. The molecule has 9 nitrogen and oxygen atoms in total. The number of rotatable bonds is 7. The third-order valence-electron chi connectivity index (χ3n) is 12.3. The van der Waals surface area contributed by atoms with Crippen molar-refractivity contribution in [1.82, 2.24) is 9.91 Å². The minimum atomic E-state index is -1.48. The highest BCUT2D eigenvalue weighted by Gasteiger charge is 2.70. The van der Waals surface area contributed by atoms with Gasteiger partial charge in [-0.1, -0.05) is 108 Å². The highest BCUT2D eigenvalue weighted by Crippen LogP contribution is 2.65. The van der Waals surface area contributed by atoms with Gasteiger partial charge in [-0.25, -0.2) is 0 Å². The predicted octanol–water partition coefficient (Wildman–Crippen LogP) is 6.79. The Morgan fingerprint density at radius 3 is 2.24 bits per heavy atom. The molecule has 270 valence electrons. The van der Waals surface area contributed by atoms with Crippen molar-refractivity contribution in [3.05, 3.63) is 149 Å². The summed E-state index contributed by atoms with van der Waals surface area (Å²) < 4.78 is 0. The number of likely N-dealkylation sites (tertiary alicyclic amines) is 1. The smallest absolute Gasteiger partial charge is 0.260 e. The Kier molecular flexibility index (Phi) is 7.92. The predicted molar refractivity (Wildman–Crippen MR) is 203 cm³/mol. The number of hydrogen-bond donors (Lipinski definition) is 3. The van der Waals surface area contributed by atoms with Gasteiger partial charge in [-0.15, -0.1) is 0 Å². The lowest BCUT2D eigenvalue weighted by atomic mass is 9.49. The number of phenols is 2. The van der Waals surface area contributed by atoms with Crippen molar-refractivity contribution < 1.29 is 29.4 Å². The van der Waals surface area contributed by atoms with Crippen LogP contribution in [-0.4, -0.2) is 50.3 Å². The fourth-order valence-corrected chi connectivity index (χ4v) is 9.79. The molecule has 6 atom stereocenters. The van der Waals surface area contributed by atoms with Gasteiger partial charge < -0.3 is 10.2 Å². The molecule has 0 aromatic heterocycles. The minimum absolute atomic E-state index is 0.0189. The normalized spacial score (nSPS) is 26.1. The second-order valence-electron chi connectivity index (χ2n) is 15.1. The molecule has 4 aliphatic rings. The number of hydrazine groups is 1. The van der Waals surface area contributed by atoms with Gasteiger partial charge in [-0.2, -0.15) is 5.01 Å². The largest absolute Gasteiger partial charge is 0.508 e. The van der Waals surface area contributed by atoms with E-state index in [2.05, 4.69) is 5.43 Å². The van der Waals surface area contributed by atoms with Crippen molar-refractivity contribution in [1.29, 1.82) is 0 Å². The minimum Gasteiger partial charge on any atom is -0.508 e. The number of nitrogens with zero attached hydrogens (tertiary/aromatic N) is 2. The van der Waals surface area contributed by atoms with Crippen LogP contribution in [0.25, 0.3) is 10.8 Å². The Morgan fingerprint density at radius 2 is 1.48 bits per heavy atom. The number of phenolic OH excluding ortho intramolecular Hbond substituents is 2. The van der Waals surface area contributed by atoms with E-state index in [1.54, 1.807) is 24.3 Å². The van der Waals surface area contributed by atoms with Gasteiger partial charge in [0.25, 0.3) is 11.8 Å². The van der Waals surface area contributed by atoms with Crippen LogP contribution in [0.2, 0.25) is 0 Å². The van der Waals surface area contributed by atoms with Crippen LogP contribution in [0.5, 0.6) is 11.5 Å². The zero-order chi connectivity index (χ0) is 37.3. The summed E-state index contributed by atoms with van der Waals surface area (Å²) in [5, 5.41) is 24.5. The van der Waals surface area contributed by atoms with Crippen LogP contribution in [0.1, 0.15) is 41.0 Å². The summed E-state index contributed by atoms with van der Waals surface area (Å²) in [6.07, 6.45) is 2.91. The number of carbonyl (C=O) groups is 4. The van der Waals surface area contributed by atoms with E-state index in [1.807, 2.05) is 104 Å². The van der Waals surface area contributed by atoms with Crippen molar-refractivity contribution in [3.8, 4) is 11.5 Å². The number of imide groups is 2. The lowest BCUT2D eigenvalue weighted by Crippen LogP contribution is -2.53. The fourth-order valence-electron chi connectivity index (χ4n) is 9.79. The van der Waals surface area contributed by atoms with Gasteiger partial charge in [-0.05, 0) is 72.9 Å². The summed E-state index contributed by atoms with van der Waals surface area (Å²) in [7, 11) is 0. The van der Waals surface area contributed by atoms with Crippen molar-refractivity contribution in [2.75, 3.05) is 12.0 Å². The number of aryl methyl sites for hydroxylation is 1. The van der Waals surface area contributed by atoms with Gasteiger partial charge in [0, 0.05) is 23.4 Å². The summed E-state index contributed by atoms with van der Waals surface area (Å²) in [5.74, 6) is -4.82. The maximum Gasteiger partial charge on any atom is 0.260 e. The van der Waals surface area contributed by atoms with E-state index >= 15 is 4.79 Å². The SMILES string of the molecule is Cc1ccc(NN2C(=O)[C@@H]3C[C@@H]4C(=CC[C@@H]5C(=O)N(CCc6ccc(O)cc6)C(=O)[C@@H]54)[C@H](c4ccc5ccccc5c4O)[C@]3(c3ccccc3)C2=O)cc1. The van der Waals surface area contributed by atoms with E-state index in [1.165, 1.54) is 4.90 Å². The number of nitrogens with one attached hydrogen (secondary N) is 1. The first kappa shape index (κ1) is 33.6. The second-order valence-corrected chi connectivity index (χ2v) is 15.1. The van der Waals surface area contributed by atoms with E-state index in [9.17, 15) is 24.6 Å². The first-order valence-corrected chi connectivity index (χ1v) is 18.5. The second kappa shape index (κ2) is 12.7. The molecule has 0 spiro atoms. The third-order valence-corrected chi connectivity index (χ3v) is 12.3. The molecule has 2 aliphatic heterocycles. The summed E-state index contributed by atoms with van der Waals surface area (Å²) in [4.78, 5) is 60.2. The molecule has 2 aliphatic carbocycles. The van der Waals surface area contributed by atoms with E-state index in [0.29, 0.717) is 35.0 Å². The topological polar surface area (TPSA) is 127 Å². The van der Waals surface area contributed by atoms with Gasteiger partial charge in [0.1, 0.15) is 11.5 Å².